The van der Waals surface area contributed by atoms with Gasteiger partial charge in [-0.2, -0.15) is 5.10 Å². The van der Waals surface area contributed by atoms with Crippen molar-refractivity contribution in [3.8, 4) is 0 Å². The Morgan fingerprint density at radius 3 is 2.30 bits per heavy atom. The molecule has 3 rings (SSSR count). The van der Waals surface area contributed by atoms with Crippen LogP contribution in [-0.4, -0.2) is 37.4 Å². The summed E-state index contributed by atoms with van der Waals surface area (Å²) in [6, 6.07) is 12.4. The number of piperazine rings is 1. The summed E-state index contributed by atoms with van der Waals surface area (Å²) < 4.78 is 13.7. The van der Waals surface area contributed by atoms with E-state index < -0.39 is 0 Å². The third-order valence-electron chi connectivity index (χ3n) is 3.80. The zero-order chi connectivity index (χ0) is 16.2. The molecule has 3 nitrogen and oxygen atoms in total. The Morgan fingerprint density at radius 2 is 1.65 bits per heavy atom. The molecule has 0 unspecified atom stereocenters. The van der Waals surface area contributed by atoms with Crippen LogP contribution in [0.1, 0.15) is 5.56 Å². The van der Waals surface area contributed by atoms with E-state index >= 15 is 0 Å². The normalized spacial score (nSPS) is 15.4. The average Bonchev–Trinajstić information content (AvgIpc) is 2.56. The molecule has 1 aliphatic rings. The van der Waals surface area contributed by atoms with Gasteiger partial charge < -0.3 is 4.90 Å². The lowest BCUT2D eigenvalue weighted by molar-refractivity contribution is 0.272. The Bertz CT molecular complexity index is 675. The summed E-state index contributed by atoms with van der Waals surface area (Å²) in [5.41, 5.74) is 1.48. The summed E-state index contributed by atoms with van der Waals surface area (Å²) in [7, 11) is 0. The van der Waals surface area contributed by atoms with Gasteiger partial charge in [0.15, 0.2) is 0 Å². The maximum absolute atomic E-state index is 13.7. The number of hydrogen-bond donors (Lipinski definition) is 0. The molecular weight excluding hydrogens is 336 g/mol. The molecule has 0 radical (unpaired) electrons. The predicted octanol–water partition coefficient (Wildman–Crippen LogP) is 4.29. The Hall–Kier alpha value is -1.78. The van der Waals surface area contributed by atoms with E-state index in [2.05, 4.69) is 10.0 Å². The molecule has 23 heavy (non-hydrogen) atoms. The molecule has 0 saturated carbocycles. The lowest BCUT2D eigenvalue weighted by Crippen LogP contribution is -2.44. The van der Waals surface area contributed by atoms with Gasteiger partial charge in [-0.15, -0.1) is 0 Å². The fraction of sp³-hybridized carbons (Fsp3) is 0.235. The van der Waals surface area contributed by atoms with E-state index in [-0.39, 0.29) is 5.82 Å². The van der Waals surface area contributed by atoms with Gasteiger partial charge in [0.25, 0.3) is 0 Å². The number of nitrogens with zero attached hydrogens (tertiary/aromatic N) is 3. The van der Waals surface area contributed by atoms with E-state index in [0.717, 1.165) is 36.9 Å². The van der Waals surface area contributed by atoms with Gasteiger partial charge in [0, 0.05) is 29.4 Å². The largest absolute Gasteiger partial charge is 0.368 e. The van der Waals surface area contributed by atoms with Crippen LogP contribution in [0.4, 0.5) is 10.1 Å². The first-order valence-electron chi connectivity index (χ1n) is 7.37. The van der Waals surface area contributed by atoms with E-state index in [1.54, 1.807) is 12.1 Å². The number of benzene rings is 2. The first-order valence-corrected chi connectivity index (χ1v) is 8.12. The van der Waals surface area contributed by atoms with Crippen LogP contribution in [0.3, 0.4) is 0 Å². The number of anilines is 1. The minimum atomic E-state index is -0.360. The third kappa shape index (κ3) is 3.95. The molecule has 120 valence electrons. The van der Waals surface area contributed by atoms with Gasteiger partial charge in [0.1, 0.15) is 5.82 Å². The van der Waals surface area contributed by atoms with Crippen LogP contribution in [0.15, 0.2) is 47.6 Å². The smallest absolute Gasteiger partial charge is 0.133 e. The fourth-order valence-corrected chi connectivity index (χ4v) is 2.83. The Labute approximate surface area is 144 Å². The summed E-state index contributed by atoms with van der Waals surface area (Å²) in [6.45, 7) is 3.24. The van der Waals surface area contributed by atoms with Crippen molar-refractivity contribution in [2.24, 2.45) is 5.10 Å². The monoisotopic (exact) mass is 351 g/mol. The van der Waals surface area contributed by atoms with Crippen molar-refractivity contribution < 1.29 is 4.39 Å². The highest BCUT2D eigenvalue weighted by atomic mass is 35.5. The zero-order valence-electron chi connectivity index (χ0n) is 12.4. The molecule has 1 heterocycles. The summed E-state index contributed by atoms with van der Waals surface area (Å²) in [4.78, 5) is 2.28. The molecule has 6 heteroatoms. The summed E-state index contributed by atoms with van der Waals surface area (Å²) >= 11 is 11.9. The molecule has 0 amide bonds. The second-order valence-corrected chi connectivity index (χ2v) is 6.14. The maximum Gasteiger partial charge on any atom is 0.133 e. The van der Waals surface area contributed by atoms with Crippen LogP contribution in [0.25, 0.3) is 0 Å². The molecular formula is C17H16Cl2FN3. The molecule has 2 aromatic carbocycles. The molecule has 0 spiro atoms. The lowest BCUT2D eigenvalue weighted by atomic mass is 10.2. The van der Waals surface area contributed by atoms with Crippen molar-refractivity contribution >= 4 is 35.1 Å². The first-order chi connectivity index (χ1) is 11.1. The molecule has 0 bridgehead atoms. The highest BCUT2D eigenvalue weighted by Gasteiger charge is 2.16. The van der Waals surface area contributed by atoms with E-state index in [1.165, 1.54) is 12.3 Å². The molecule has 1 fully saturated rings. The van der Waals surface area contributed by atoms with Crippen LogP contribution in [0.2, 0.25) is 10.0 Å². The van der Waals surface area contributed by atoms with Crippen molar-refractivity contribution in [2.45, 2.75) is 0 Å². The van der Waals surface area contributed by atoms with Crippen molar-refractivity contribution in [2.75, 3.05) is 31.1 Å². The molecule has 2 aromatic rings. The summed E-state index contributed by atoms with van der Waals surface area (Å²) in [5.74, 6) is -0.360. The summed E-state index contributed by atoms with van der Waals surface area (Å²) in [6.07, 6.45) is 1.50. The van der Waals surface area contributed by atoms with Crippen molar-refractivity contribution in [1.29, 1.82) is 0 Å². The van der Waals surface area contributed by atoms with Crippen LogP contribution < -0.4 is 4.90 Å². The molecule has 1 aliphatic heterocycles. The van der Waals surface area contributed by atoms with Gasteiger partial charge in [-0.25, -0.2) is 4.39 Å². The van der Waals surface area contributed by atoms with E-state index in [0.29, 0.717) is 10.6 Å². The van der Waals surface area contributed by atoms with Crippen LogP contribution in [-0.2, 0) is 0 Å². The van der Waals surface area contributed by atoms with Gasteiger partial charge in [0.2, 0.25) is 0 Å². The van der Waals surface area contributed by atoms with Crippen molar-refractivity contribution in [1.82, 2.24) is 5.01 Å². The van der Waals surface area contributed by atoms with Crippen molar-refractivity contribution in [3.63, 3.8) is 0 Å². The Balaban J connectivity index is 1.61. The minimum Gasteiger partial charge on any atom is -0.368 e. The number of halogens is 3. The number of rotatable bonds is 3. The van der Waals surface area contributed by atoms with Crippen LogP contribution in [0.5, 0.6) is 0 Å². The minimum absolute atomic E-state index is 0.328. The van der Waals surface area contributed by atoms with Gasteiger partial charge >= 0.3 is 0 Å². The highest BCUT2D eigenvalue weighted by molar-refractivity contribution is 6.33. The van der Waals surface area contributed by atoms with Crippen LogP contribution in [0, 0.1) is 5.82 Å². The summed E-state index contributed by atoms with van der Waals surface area (Å²) in [5, 5.41) is 7.38. The van der Waals surface area contributed by atoms with Crippen molar-refractivity contribution in [3.05, 3.63) is 63.9 Å². The molecule has 0 aromatic heterocycles. The maximum atomic E-state index is 13.7. The lowest BCUT2D eigenvalue weighted by Gasteiger charge is -2.34. The number of hydrogen-bond acceptors (Lipinski definition) is 3. The van der Waals surface area contributed by atoms with E-state index in [1.807, 2.05) is 29.3 Å². The molecule has 0 aliphatic carbocycles. The van der Waals surface area contributed by atoms with Gasteiger partial charge in [-0.1, -0.05) is 29.3 Å². The second-order valence-electron chi connectivity index (χ2n) is 5.30. The highest BCUT2D eigenvalue weighted by Crippen LogP contribution is 2.20. The SMILES string of the molecule is Fc1cccc(Cl)c1C=NN1CCN(c2ccc(Cl)cc2)CC1. The molecule has 1 saturated heterocycles. The van der Waals surface area contributed by atoms with E-state index in [9.17, 15) is 4.39 Å². The van der Waals surface area contributed by atoms with Crippen LogP contribution >= 0.6 is 23.2 Å². The first kappa shape index (κ1) is 16.1. The predicted molar refractivity (Wildman–Crippen MR) is 94.2 cm³/mol. The number of hydrazone groups is 1. The van der Waals surface area contributed by atoms with Gasteiger partial charge in [-0.3, -0.25) is 5.01 Å². The Morgan fingerprint density at radius 1 is 0.957 bits per heavy atom. The Kier molecular flexibility index (Phi) is 5.03. The van der Waals surface area contributed by atoms with Gasteiger partial charge in [0.05, 0.1) is 24.3 Å². The van der Waals surface area contributed by atoms with Gasteiger partial charge in [-0.05, 0) is 36.4 Å². The average molecular weight is 352 g/mol. The quantitative estimate of drug-likeness (QED) is 0.768. The second kappa shape index (κ2) is 7.20. The molecule has 0 N–H and O–H groups in total. The topological polar surface area (TPSA) is 18.8 Å². The standard InChI is InChI=1S/C17H16Cl2FN3/c18-13-4-6-14(7-5-13)22-8-10-23(11-9-22)21-12-15-16(19)2-1-3-17(15)20/h1-7,12H,8-11H2. The molecule has 0 atom stereocenters. The van der Waals surface area contributed by atoms with E-state index in [4.69, 9.17) is 23.2 Å². The zero-order valence-corrected chi connectivity index (χ0v) is 13.9. The third-order valence-corrected chi connectivity index (χ3v) is 4.38. The fourth-order valence-electron chi connectivity index (χ4n) is 2.49.